The molecule has 6 nitrogen and oxygen atoms in total. The van der Waals surface area contributed by atoms with Gasteiger partial charge in [-0.2, -0.15) is 0 Å². The number of rotatable bonds is 4. The van der Waals surface area contributed by atoms with Gasteiger partial charge in [-0.15, -0.1) is 0 Å². The maximum atomic E-state index is 12.5. The summed E-state index contributed by atoms with van der Waals surface area (Å²) in [5.41, 5.74) is 2.42. The molecule has 1 fully saturated rings. The summed E-state index contributed by atoms with van der Waals surface area (Å²) in [7, 11) is 0. The predicted octanol–water partition coefficient (Wildman–Crippen LogP) is 4.52. The quantitative estimate of drug-likeness (QED) is 0.601. The van der Waals surface area contributed by atoms with Crippen molar-refractivity contribution in [2.75, 3.05) is 23.3 Å². The van der Waals surface area contributed by atoms with Crippen LogP contribution in [0.4, 0.5) is 17.1 Å². The van der Waals surface area contributed by atoms with Gasteiger partial charge in [0, 0.05) is 34.9 Å². The minimum Gasteiger partial charge on any atom is -0.366 e. The fourth-order valence-electron chi connectivity index (χ4n) is 3.00. The van der Waals surface area contributed by atoms with E-state index in [1.807, 2.05) is 24.0 Å². The van der Waals surface area contributed by atoms with Crippen LogP contribution in [0.1, 0.15) is 28.8 Å². The molecule has 1 saturated heterocycles. The Morgan fingerprint density at radius 1 is 1.20 bits per heavy atom. The number of nitrogens with one attached hydrogen (secondary N) is 1. The van der Waals surface area contributed by atoms with Crippen LogP contribution in [0.15, 0.2) is 40.9 Å². The number of hydrogen-bond donors (Lipinski definition) is 1. The average molecular weight is 404 g/mol. The number of carbonyl (C=O) groups is 1. The summed E-state index contributed by atoms with van der Waals surface area (Å²) in [6.07, 6.45) is 2.06. The summed E-state index contributed by atoms with van der Waals surface area (Å²) in [4.78, 5) is 25.5. The smallest absolute Gasteiger partial charge is 0.293 e. The first-order valence-electron chi connectivity index (χ1n) is 8.06. The molecule has 1 heterocycles. The van der Waals surface area contributed by atoms with Crippen molar-refractivity contribution in [3.8, 4) is 0 Å². The Morgan fingerprint density at radius 2 is 1.92 bits per heavy atom. The molecule has 1 amide bonds. The third kappa shape index (κ3) is 3.82. The van der Waals surface area contributed by atoms with Crippen molar-refractivity contribution in [3.63, 3.8) is 0 Å². The number of benzene rings is 2. The second-order valence-electron chi connectivity index (χ2n) is 6.07. The van der Waals surface area contributed by atoms with Crippen LogP contribution in [0.3, 0.4) is 0 Å². The van der Waals surface area contributed by atoms with E-state index in [-0.39, 0.29) is 17.2 Å². The van der Waals surface area contributed by atoms with Gasteiger partial charge < -0.3 is 10.2 Å². The highest BCUT2D eigenvalue weighted by atomic mass is 79.9. The van der Waals surface area contributed by atoms with Gasteiger partial charge in [0.2, 0.25) is 0 Å². The third-order valence-corrected chi connectivity index (χ3v) is 4.81. The number of hydrogen-bond acceptors (Lipinski definition) is 4. The largest absolute Gasteiger partial charge is 0.366 e. The standard InChI is InChI=1S/C18H18BrN3O3/c1-12-10-14(19)5-6-15(12)20-18(23)13-4-7-16(17(11-13)22(24)25)21-8-2-3-9-21/h4-7,10-11H,2-3,8-9H2,1H3,(H,20,23). The number of anilines is 2. The lowest BCUT2D eigenvalue weighted by atomic mass is 10.1. The summed E-state index contributed by atoms with van der Waals surface area (Å²) in [6, 6.07) is 10.2. The van der Waals surface area contributed by atoms with E-state index in [9.17, 15) is 14.9 Å². The normalized spacial score (nSPS) is 13.8. The minimum absolute atomic E-state index is 0.0259. The molecule has 25 heavy (non-hydrogen) atoms. The van der Waals surface area contributed by atoms with Crippen LogP contribution >= 0.6 is 15.9 Å². The van der Waals surface area contributed by atoms with Gasteiger partial charge in [0.1, 0.15) is 5.69 Å². The Kier molecular flexibility index (Phi) is 5.03. The van der Waals surface area contributed by atoms with Gasteiger partial charge in [0.05, 0.1) is 4.92 Å². The average Bonchev–Trinajstić information content (AvgIpc) is 3.11. The zero-order valence-electron chi connectivity index (χ0n) is 13.8. The van der Waals surface area contributed by atoms with Gasteiger partial charge in [-0.25, -0.2) is 0 Å². The van der Waals surface area contributed by atoms with Crippen molar-refractivity contribution in [1.29, 1.82) is 0 Å². The van der Waals surface area contributed by atoms with Gasteiger partial charge in [-0.05, 0) is 55.7 Å². The van der Waals surface area contributed by atoms with Crippen LogP contribution < -0.4 is 10.2 Å². The molecule has 0 unspecified atom stereocenters. The Labute approximate surface area is 154 Å². The predicted molar refractivity (Wildman–Crippen MR) is 101 cm³/mol. The molecule has 0 aliphatic carbocycles. The fourth-order valence-corrected chi connectivity index (χ4v) is 3.47. The molecule has 0 radical (unpaired) electrons. The van der Waals surface area contributed by atoms with Gasteiger partial charge in [-0.1, -0.05) is 15.9 Å². The molecule has 0 aromatic heterocycles. The molecular formula is C18H18BrN3O3. The number of nitrogens with zero attached hydrogens (tertiary/aromatic N) is 2. The molecule has 0 spiro atoms. The van der Waals surface area contributed by atoms with Crippen molar-refractivity contribution < 1.29 is 9.72 Å². The van der Waals surface area contributed by atoms with Crippen molar-refractivity contribution in [1.82, 2.24) is 0 Å². The number of aryl methyl sites for hydroxylation is 1. The van der Waals surface area contributed by atoms with Crippen LogP contribution in [0.25, 0.3) is 0 Å². The SMILES string of the molecule is Cc1cc(Br)ccc1NC(=O)c1ccc(N2CCCC2)c([N+](=O)[O-])c1. The Bertz CT molecular complexity index is 832. The van der Waals surface area contributed by atoms with Crippen molar-refractivity contribution in [2.45, 2.75) is 19.8 Å². The zero-order chi connectivity index (χ0) is 18.0. The van der Waals surface area contributed by atoms with Crippen LogP contribution in [0.5, 0.6) is 0 Å². The Hall–Kier alpha value is -2.41. The number of carbonyl (C=O) groups excluding carboxylic acids is 1. The molecule has 1 aliphatic rings. The minimum atomic E-state index is -0.421. The highest BCUT2D eigenvalue weighted by Crippen LogP contribution is 2.32. The van der Waals surface area contributed by atoms with Crippen LogP contribution in [-0.4, -0.2) is 23.9 Å². The van der Waals surface area contributed by atoms with E-state index in [1.54, 1.807) is 18.2 Å². The first kappa shape index (κ1) is 17.4. The zero-order valence-corrected chi connectivity index (χ0v) is 15.4. The first-order valence-corrected chi connectivity index (χ1v) is 8.86. The third-order valence-electron chi connectivity index (χ3n) is 4.32. The molecule has 7 heteroatoms. The topological polar surface area (TPSA) is 75.5 Å². The number of amides is 1. The van der Waals surface area contributed by atoms with E-state index >= 15 is 0 Å². The molecule has 0 saturated carbocycles. The van der Waals surface area contributed by atoms with Gasteiger partial charge >= 0.3 is 0 Å². The fraction of sp³-hybridized carbons (Fsp3) is 0.278. The number of halogens is 1. The molecule has 2 aromatic carbocycles. The summed E-state index contributed by atoms with van der Waals surface area (Å²) in [6.45, 7) is 3.51. The molecular weight excluding hydrogens is 386 g/mol. The number of nitro groups is 1. The van der Waals surface area contributed by atoms with Crippen LogP contribution in [0, 0.1) is 17.0 Å². The molecule has 1 aliphatic heterocycles. The van der Waals surface area contributed by atoms with Gasteiger partial charge in [0.15, 0.2) is 0 Å². The van der Waals surface area contributed by atoms with Crippen LogP contribution in [-0.2, 0) is 0 Å². The van der Waals surface area contributed by atoms with Gasteiger partial charge in [-0.3, -0.25) is 14.9 Å². The van der Waals surface area contributed by atoms with E-state index in [4.69, 9.17) is 0 Å². The molecule has 2 aromatic rings. The monoisotopic (exact) mass is 403 g/mol. The molecule has 1 N–H and O–H groups in total. The van der Waals surface area contributed by atoms with E-state index in [0.717, 1.165) is 36.0 Å². The maximum Gasteiger partial charge on any atom is 0.293 e. The van der Waals surface area contributed by atoms with Crippen molar-refractivity contribution in [3.05, 3.63) is 62.1 Å². The van der Waals surface area contributed by atoms with E-state index < -0.39 is 4.92 Å². The van der Waals surface area contributed by atoms with E-state index in [0.29, 0.717) is 11.4 Å². The summed E-state index contributed by atoms with van der Waals surface area (Å²) < 4.78 is 0.925. The molecule has 3 rings (SSSR count). The highest BCUT2D eigenvalue weighted by molar-refractivity contribution is 9.10. The lowest BCUT2D eigenvalue weighted by Gasteiger charge is -2.18. The Balaban J connectivity index is 1.87. The summed E-state index contributed by atoms with van der Waals surface area (Å²) in [5.74, 6) is -0.360. The second kappa shape index (κ2) is 7.23. The maximum absolute atomic E-state index is 12.5. The Morgan fingerprint density at radius 3 is 2.56 bits per heavy atom. The second-order valence-corrected chi connectivity index (χ2v) is 6.98. The number of nitro benzene ring substituents is 1. The molecule has 130 valence electrons. The highest BCUT2D eigenvalue weighted by Gasteiger charge is 2.24. The first-order chi connectivity index (χ1) is 12.0. The van der Waals surface area contributed by atoms with Crippen molar-refractivity contribution >= 4 is 38.9 Å². The van der Waals surface area contributed by atoms with Crippen molar-refractivity contribution in [2.24, 2.45) is 0 Å². The van der Waals surface area contributed by atoms with E-state index in [2.05, 4.69) is 21.2 Å². The van der Waals surface area contributed by atoms with Gasteiger partial charge in [0.25, 0.3) is 11.6 Å². The lowest BCUT2D eigenvalue weighted by molar-refractivity contribution is -0.384. The van der Waals surface area contributed by atoms with E-state index in [1.165, 1.54) is 6.07 Å². The molecule has 0 bridgehead atoms. The summed E-state index contributed by atoms with van der Waals surface area (Å²) in [5, 5.41) is 14.3. The van der Waals surface area contributed by atoms with Crippen LogP contribution in [0.2, 0.25) is 0 Å². The molecule has 0 atom stereocenters. The summed E-state index contributed by atoms with van der Waals surface area (Å²) >= 11 is 3.38. The lowest BCUT2D eigenvalue weighted by Crippen LogP contribution is -2.20.